The molecule has 70 valence electrons. The first kappa shape index (κ1) is 10.3. The highest BCUT2D eigenvalue weighted by atomic mass is 79.9. The summed E-state index contributed by atoms with van der Waals surface area (Å²) in [5.74, 6) is 0. The van der Waals surface area contributed by atoms with Crippen LogP contribution in [0.2, 0.25) is 0 Å². The average molecular weight is 265 g/mol. The molecular formula is C7H6BrClN2O2. The van der Waals surface area contributed by atoms with Crippen LogP contribution in [0.15, 0.2) is 31.9 Å². The third-order valence-corrected chi connectivity index (χ3v) is 2.10. The van der Waals surface area contributed by atoms with E-state index in [0.717, 1.165) is 0 Å². The number of aromatic amines is 1. The minimum atomic E-state index is -0.456. The lowest BCUT2D eigenvalue weighted by molar-refractivity contribution is 0.731. The second-order valence-corrected chi connectivity index (χ2v) is 3.36. The number of nitrogens with zero attached hydrogens (tertiary/aromatic N) is 1. The zero-order chi connectivity index (χ0) is 9.84. The van der Waals surface area contributed by atoms with E-state index in [0.29, 0.717) is 11.0 Å². The van der Waals surface area contributed by atoms with E-state index in [1.54, 1.807) is 6.08 Å². The molecule has 4 nitrogen and oxygen atoms in total. The van der Waals surface area contributed by atoms with Gasteiger partial charge in [-0.05, 0) is 15.9 Å². The number of hydrogen-bond acceptors (Lipinski definition) is 2. The highest BCUT2D eigenvalue weighted by Crippen LogP contribution is 1.97. The fourth-order valence-electron chi connectivity index (χ4n) is 0.772. The number of H-pyrrole nitrogens is 1. The highest BCUT2D eigenvalue weighted by Gasteiger charge is 1.99. The first-order valence-electron chi connectivity index (χ1n) is 3.39. The van der Waals surface area contributed by atoms with Gasteiger partial charge in [-0.3, -0.25) is 14.3 Å². The van der Waals surface area contributed by atoms with Crippen molar-refractivity contribution in [2.75, 3.05) is 0 Å². The van der Waals surface area contributed by atoms with Crippen molar-refractivity contribution in [3.63, 3.8) is 0 Å². The number of rotatable bonds is 2. The maximum absolute atomic E-state index is 11.1. The van der Waals surface area contributed by atoms with Crippen molar-refractivity contribution in [1.82, 2.24) is 9.55 Å². The molecule has 0 aliphatic carbocycles. The van der Waals surface area contributed by atoms with Crippen molar-refractivity contribution in [2.24, 2.45) is 0 Å². The van der Waals surface area contributed by atoms with Crippen LogP contribution >= 0.6 is 27.5 Å². The predicted octanol–water partition coefficient (Wildman–Crippen LogP) is 1.05. The first-order chi connectivity index (χ1) is 6.15. The van der Waals surface area contributed by atoms with Crippen LogP contribution in [0.1, 0.15) is 0 Å². The largest absolute Gasteiger partial charge is 0.328 e. The van der Waals surface area contributed by atoms with Crippen LogP contribution < -0.4 is 11.2 Å². The van der Waals surface area contributed by atoms with Crippen LogP contribution in [0.4, 0.5) is 0 Å². The van der Waals surface area contributed by atoms with Crippen LogP contribution in [0.3, 0.4) is 0 Å². The van der Waals surface area contributed by atoms with Crippen molar-refractivity contribution in [1.29, 1.82) is 0 Å². The molecule has 1 aromatic rings. The summed E-state index contributed by atoms with van der Waals surface area (Å²) in [5.41, 5.74) is 0.421. The van der Waals surface area contributed by atoms with E-state index in [4.69, 9.17) is 11.6 Å². The van der Waals surface area contributed by atoms with Gasteiger partial charge >= 0.3 is 5.69 Å². The Balaban J connectivity index is 3.16. The summed E-state index contributed by atoms with van der Waals surface area (Å²) >= 11 is 8.31. The Labute approximate surface area is 87.0 Å². The van der Waals surface area contributed by atoms with Crippen molar-refractivity contribution >= 4 is 27.5 Å². The van der Waals surface area contributed by atoms with Gasteiger partial charge in [0.15, 0.2) is 0 Å². The lowest BCUT2D eigenvalue weighted by atomic mass is 10.5. The highest BCUT2D eigenvalue weighted by molar-refractivity contribution is 9.10. The third-order valence-electron chi connectivity index (χ3n) is 1.36. The molecule has 0 aliphatic heterocycles. The van der Waals surface area contributed by atoms with Crippen LogP contribution in [-0.2, 0) is 6.54 Å². The summed E-state index contributed by atoms with van der Waals surface area (Å²) in [6.07, 6.45) is 3.01. The molecule has 1 aromatic heterocycles. The lowest BCUT2D eigenvalue weighted by Gasteiger charge is -1.99. The fraction of sp³-hybridized carbons (Fsp3) is 0.143. The molecule has 0 fully saturated rings. The van der Waals surface area contributed by atoms with Crippen LogP contribution in [0.5, 0.6) is 0 Å². The van der Waals surface area contributed by atoms with E-state index in [1.165, 1.54) is 16.3 Å². The number of allylic oxidation sites excluding steroid dienone is 1. The maximum Gasteiger partial charge on any atom is 0.328 e. The van der Waals surface area contributed by atoms with E-state index < -0.39 is 11.2 Å². The second kappa shape index (κ2) is 4.43. The average Bonchev–Trinajstić information content (AvgIpc) is 2.09. The van der Waals surface area contributed by atoms with Crippen molar-refractivity contribution in [3.8, 4) is 0 Å². The van der Waals surface area contributed by atoms with Gasteiger partial charge < -0.3 is 0 Å². The SMILES string of the molecule is O=c1[nH]c(=O)n(CC=CCl)cc1Br. The Kier molecular flexibility index (Phi) is 3.50. The molecule has 0 atom stereocenters. The Morgan fingerprint density at radius 3 is 2.92 bits per heavy atom. The second-order valence-electron chi connectivity index (χ2n) is 2.25. The summed E-state index contributed by atoms with van der Waals surface area (Å²) < 4.78 is 1.64. The van der Waals surface area contributed by atoms with Crippen LogP contribution in [-0.4, -0.2) is 9.55 Å². The normalized spacial score (nSPS) is 10.9. The van der Waals surface area contributed by atoms with Crippen molar-refractivity contribution in [2.45, 2.75) is 6.54 Å². The first-order valence-corrected chi connectivity index (χ1v) is 4.62. The van der Waals surface area contributed by atoms with Gasteiger partial charge in [0.1, 0.15) is 0 Å². The molecule has 0 radical (unpaired) electrons. The minimum absolute atomic E-state index is 0.315. The van der Waals surface area contributed by atoms with E-state index in [2.05, 4.69) is 20.9 Å². The minimum Gasteiger partial charge on any atom is -0.296 e. The zero-order valence-corrected chi connectivity index (χ0v) is 8.80. The van der Waals surface area contributed by atoms with Gasteiger partial charge in [-0.15, -0.1) is 0 Å². The molecule has 0 aliphatic rings. The topological polar surface area (TPSA) is 54.9 Å². The van der Waals surface area contributed by atoms with Gasteiger partial charge in [0.05, 0.1) is 4.47 Å². The number of hydrogen-bond donors (Lipinski definition) is 1. The zero-order valence-electron chi connectivity index (χ0n) is 6.46. The maximum atomic E-state index is 11.1. The van der Waals surface area contributed by atoms with Gasteiger partial charge in [0.25, 0.3) is 5.56 Å². The van der Waals surface area contributed by atoms with Crippen LogP contribution in [0.25, 0.3) is 0 Å². The Hall–Kier alpha value is -0.810. The van der Waals surface area contributed by atoms with Gasteiger partial charge in [0.2, 0.25) is 0 Å². The van der Waals surface area contributed by atoms with Gasteiger partial charge in [-0.2, -0.15) is 0 Å². The molecule has 0 spiro atoms. The molecule has 0 saturated heterocycles. The quantitative estimate of drug-likeness (QED) is 0.869. The summed E-state index contributed by atoms with van der Waals surface area (Å²) in [6, 6.07) is 0. The lowest BCUT2D eigenvalue weighted by Crippen LogP contribution is -2.29. The Morgan fingerprint density at radius 1 is 1.62 bits per heavy atom. The third kappa shape index (κ3) is 2.57. The van der Waals surface area contributed by atoms with Gasteiger partial charge in [-0.25, -0.2) is 4.79 Å². The molecule has 6 heteroatoms. The Bertz CT molecular complexity index is 435. The van der Waals surface area contributed by atoms with E-state index in [1.807, 2.05) is 0 Å². The smallest absolute Gasteiger partial charge is 0.296 e. The predicted molar refractivity (Wildman–Crippen MR) is 54.0 cm³/mol. The summed E-state index contributed by atoms with van der Waals surface area (Å²) in [5, 5.41) is 0. The molecule has 0 amide bonds. The molecule has 0 bridgehead atoms. The number of nitrogens with one attached hydrogen (secondary N) is 1. The molecule has 13 heavy (non-hydrogen) atoms. The molecule has 1 heterocycles. The monoisotopic (exact) mass is 264 g/mol. The molecule has 1 rings (SSSR count). The molecule has 0 aromatic carbocycles. The summed E-state index contributed by atoms with van der Waals surface area (Å²) in [7, 11) is 0. The molecule has 0 saturated carbocycles. The van der Waals surface area contributed by atoms with Gasteiger partial charge in [0, 0.05) is 18.3 Å². The van der Waals surface area contributed by atoms with E-state index in [9.17, 15) is 9.59 Å². The van der Waals surface area contributed by atoms with Crippen molar-refractivity contribution < 1.29 is 0 Å². The number of halogens is 2. The van der Waals surface area contributed by atoms with E-state index >= 15 is 0 Å². The van der Waals surface area contributed by atoms with E-state index in [-0.39, 0.29) is 0 Å². The van der Waals surface area contributed by atoms with Crippen LogP contribution in [0, 0.1) is 0 Å². The number of aromatic nitrogens is 2. The van der Waals surface area contributed by atoms with Crippen molar-refractivity contribution in [3.05, 3.63) is 43.1 Å². The Morgan fingerprint density at radius 2 is 2.31 bits per heavy atom. The standard InChI is InChI=1S/C7H6BrClN2O2/c8-5-4-11(3-1-2-9)7(13)10-6(5)12/h1-2,4H,3H2,(H,10,12,13). The fourth-order valence-corrected chi connectivity index (χ4v) is 1.20. The molecule has 0 unspecified atom stereocenters. The summed E-state index contributed by atoms with van der Waals surface area (Å²) in [6.45, 7) is 0.331. The van der Waals surface area contributed by atoms with Gasteiger partial charge in [-0.1, -0.05) is 17.7 Å². The summed E-state index contributed by atoms with van der Waals surface area (Å²) in [4.78, 5) is 24.2. The molecule has 1 N–H and O–H groups in total. The molecular weight excluding hydrogens is 259 g/mol.